The van der Waals surface area contributed by atoms with E-state index < -0.39 is 11.8 Å². The number of anilines is 1. The Morgan fingerprint density at radius 1 is 1.17 bits per heavy atom. The first-order valence-electron chi connectivity index (χ1n) is 5.15. The molecule has 0 spiro atoms. The molecule has 2 amide bonds. The molecule has 0 aliphatic carbocycles. The highest BCUT2D eigenvalue weighted by Gasteiger charge is 2.14. The lowest BCUT2D eigenvalue weighted by Crippen LogP contribution is -2.34. The standard InChI is InChI=1S/C11H10N4O2S/c16-9(10(17)14-11-15-13-7-18-11)12-6-8-4-2-1-3-5-8/h1-5,7H,6H2,(H,12,16)(H,14,15,17). The molecule has 0 unspecified atom stereocenters. The highest BCUT2D eigenvalue weighted by atomic mass is 32.1. The number of rotatable bonds is 3. The average molecular weight is 262 g/mol. The SMILES string of the molecule is O=C(NCc1ccccc1)C(=O)Nc1nncs1. The Bertz CT molecular complexity index is 527. The van der Waals surface area contributed by atoms with E-state index in [-0.39, 0.29) is 0 Å². The van der Waals surface area contributed by atoms with Crippen LogP contribution >= 0.6 is 11.3 Å². The van der Waals surface area contributed by atoms with E-state index in [4.69, 9.17) is 0 Å². The Hall–Kier alpha value is -2.28. The highest BCUT2D eigenvalue weighted by Crippen LogP contribution is 2.07. The summed E-state index contributed by atoms with van der Waals surface area (Å²) in [6.45, 7) is 0.309. The molecule has 1 aromatic heterocycles. The van der Waals surface area contributed by atoms with E-state index in [1.54, 1.807) is 0 Å². The number of amides is 2. The van der Waals surface area contributed by atoms with Crippen LogP contribution in [0.15, 0.2) is 35.8 Å². The normalized spacial score (nSPS) is 9.78. The number of carbonyl (C=O) groups is 2. The zero-order valence-electron chi connectivity index (χ0n) is 9.29. The predicted octanol–water partition coefficient (Wildman–Crippen LogP) is 0.793. The van der Waals surface area contributed by atoms with E-state index in [0.717, 1.165) is 16.9 Å². The Morgan fingerprint density at radius 2 is 1.94 bits per heavy atom. The fraction of sp³-hybridized carbons (Fsp3) is 0.0909. The molecule has 0 radical (unpaired) electrons. The number of carbonyl (C=O) groups excluding carboxylic acids is 2. The minimum Gasteiger partial charge on any atom is -0.344 e. The van der Waals surface area contributed by atoms with Gasteiger partial charge in [0.05, 0.1) is 0 Å². The molecule has 92 valence electrons. The summed E-state index contributed by atoms with van der Waals surface area (Å²) < 4.78 is 0. The molecule has 0 fully saturated rings. The smallest absolute Gasteiger partial charge is 0.315 e. The van der Waals surface area contributed by atoms with Crippen molar-refractivity contribution in [2.24, 2.45) is 0 Å². The highest BCUT2D eigenvalue weighted by molar-refractivity contribution is 7.13. The van der Waals surface area contributed by atoms with Crippen molar-refractivity contribution in [2.75, 3.05) is 5.32 Å². The van der Waals surface area contributed by atoms with Crippen LogP contribution in [-0.4, -0.2) is 22.0 Å². The maximum atomic E-state index is 11.5. The van der Waals surface area contributed by atoms with Crippen LogP contribution in [0.5, 0.6) is 0 Å². The van der Waals surface area contributed by atoms with Gasteiger partial charge in [0.25, 0.3) is 0 Å². The lowest BCUT2D eigenvalue weighted by atomic mass is 10.2. The second-order valence-electron chi connectivity index (χ2n) is 3.37. The Balaban J connectivity index is 1.83. The zero-order valence-corrected chi connectivity index (χ0v) is 10.1. The first-order chi connectivity index (χ1) is 8.75. The molecule has 0 saturated carbocycles. The Kier molecular flexibility index (Phi) is 3.98. The van der Waals surface area contributed by atoms with Gasteiger partial charge in [-0.25, -0.2) is 0 Å². The van der Waals surface area contributed by atoms with Gasteiger partial charge in [-0.1, -0.05) is 41.7 Å². The number of nitrogens with zero attached hydrogens (tertiary/aromatic N) is 2. The van der Waals surface area contributed by atoms with Crippen molar-refractivity contribution in [3.05, 3.63) is 41.4 Å². The average Bonchev–Trinajstić information content (AvgIpc) is 2.90. The molecule has 2 N–H and O–H groups in total. The summed E-state index contributed by atoms with van der Waals surface area (Å²) in [5.41, 5.74) is 2.40. The van der Waals surface area contributed by atoms with Crippen molar-refractivity contribution in [2.45, 2.75) is 6.54 Å². The molecule has 0 bridgehead atoms. The van der Waals surface area contributed by atoms with Crippen LogP contribution in [-0.2, 0) is 16.1 Å². The molecule has 0 atom stereocenters. The molecule has 0 saturated heterocycles. The van der Waals surface area contributed by atoms with Gasteiger partial charge in [-0.3, -0.25) is 14.9 Å². The van der Waals surface area contributed by atoms with E-state index in [2.05, 4.69) is 20.8 Å². The summed E-state index contributed by atoms with van der Waals surface area (Å²) in [7, 11) is 0. The van der Waals surface area contributed by atoms with E-state index in [0.29, 0.717) is 11.7 Å². The minimum absolute atomic E-state index is 0.301. The Labute approximate surface area is 107 Å². The van der Waals surface area contributed by atoms with Crippen molar-refractivity contribution in [3.8, 4) is 0 Å². The summed E-state index contributed by atoms with van der Waals surface area (Å²) in [6.07, 6.45) is 0. The van der Waals surface area contributed by atoms with Gasteiger partial charge < -0.3 is 5.32 Å². The van der Waals surface area contributed by atoms with E-state index >= 15 is 0 Å². The van der Waals surface area contributed by atoms with Gasteiger partial charge >= 0.3 is 11.8 Å². The molecule has 2 aromatic rings. The number of aromatic nitrogens is 2. The van der Waals surface area contributed by atoms with Crippen molar-refractivity contribution < 1.29 is 9.59 Å². The molecule has 1 heterocycles. The van der Waals surface area contributed by atoms with Crippen molar-refractivity contribution >= 4 is 28.3 Å². The van der Waals surface area contributed by atoms with Gasteiger partial charge in [-0.2, -0.15) is 0 Å². The van der Waals surface area contributed by atoms with Gasteiger partial charge in [-0.15, -0.1) is 10.2 Å². The van der Waals surface area contributed by atoms with E-state index in [1.165, 1.54) is 5.51 Å². The van der Waals surface area contributed by atoms with Crippen LogP contribution in [0.1, 0.15) is 5.56 Å². The van der Waals surface area contributed by atoms with Crippen LogP contribution in [0.2, 0.25) is 0 Å². The van der Waals surface area contributed by atoms with Gasteiger partial charge in [0.2, 0.25) is 5.13 Å². The van der Waals surface area contributed by atoms with Gasteiger partial charge in [0.1, 0.15) is 5.51 Å². The second kappa shape index (κ2) is 5.87. The molecule has 1 aromatic carbocycles. The number of hydrogen-bond donors (Lipinski definition) is 2. The van der Waals surface area contributed by atoms with Crippen LogP contribution < -0.4 is 10.6 Å². The van der Waals surface area contributed by atoms with Crippen molar-refractivity contribution in [1.82, 2.24) is 15.5 Å². The minimum atomic E-state index is -0.748. The van der Waals surface area contributed by atoms with E-state index in [9.17, 15) is 9.59 Å². The fourth-order valence-electron chi connectivity index (χ4n) is 1.24. The fourth-order valence-corrected chi connectivity index (χ4v) is 1.68. The first kappa shape index (κ1) is 12.2. The maximum absolute atomic E-state index is 11.5. The number of benzene rings is 1. The topological polar surface area (TPSA) is 84.0 Å². The lowest BCUT2D eigenvalue weighted by Gasteiger charge is -2.04. The van der Waals surface area contributed by atoms with Crippen LogP contribution in [0, 0.1) is 0 Å². The molecule has 7 heteroatoms. The second-order valence-corrected chi connectivity index (χ2v) is 4.20. The van der Waals surface area contributed by atoms with E-state index in [1.807, 2.05) is 30.3 Å². The Morgan fingerprint density at radius 3 is 2.61 bits per heavy atom. The summed E-state index contributed by atoms with van der Waals surface area (Å²) in [6, 6.07) is 9.34. The van der Waals surface area contributed by atoms with Gasteiger partial charge in [0.15, 0.2) is 0 Å². The summed E-state index contributed by atoms with van der Waals surface area (Å²) in [5.74, 6) is -1.45. The molecular weight excluding hydrogens is 252 g/mol. The van der Waals surface area contributed by atoms with Gasteiger partial charge in [-0.05, 0) is 5.56 Å². The van der Waals surface area contributed by atoms with Crippen molar-refractivity contribution in [3.63, 3.8) is 0 Å². The summed E-state index contributed by atoms with van der Waals surface area (Å²) in [5, 5.41) is 12.3. The van der Waals surface area contributed by atoms with Crippen LogP contribution in [0.25, 0.3) is 0 Å². The van der Waals surface area contributed by atoms with Crippen LogP contribution in [0.4, 0.5) is 5.13 Å². The zero-order chi connectivity index (χ0) is 12.8. The molecule has 6 nitrogen and oxygen atoms in total. The first-order valence-corrected chi connectivity index (χ1v) is 6.03. The molecular formula is C11H10N4O2S. The lowest BCUT2D eigenvalue weighted by molar-refractivity contribution is -0.136. The largest absolute Gasteiger partial charge is 0.344 e. The predicted molar refractivity (Wildman–Crippen MR) is 66.8 cm³/mol. The monoisotopic (exact) mass is 262 g/mol. The molecule has 2 rings (SSSR count). The molecule has 18 heavy (non-hydrogen) atoms. The summed E-state index contributed by atoms with van der Waals surface area (Å²) in [4.78, 5) is 22.9. The van der Waals surface area contributed by atoms with Crippen LogP contribution in [0.3, 0.4) is 0 Å². The maximum Gasteiger partial charge on any atom is 0.315 e. The third kappa shape index (κ3) is 3.36. The van der Waals surface area contributed by atoms with Crippen molar-refractivity contribution in [1.29, 1.82) is 0 Å². The number of nitrogens with one attached hydrogen (secondary N) is 2. The summed E-state index contributed by atoms with van der Waals surface area (Å²) >= 11 is 1.15. The third-order valence-electron chi connectivity index (χ3n) is 2.08. The quantitative estimate of drug-likeness (QED) is 0.801. The molecule has 0 aliphatic rings. The van der Waals surface area contributed by atoms with Gasteiger partial charge in [0, 0.05) is 6.54 Å². The molecule has 0 aliphatic heterocycles. The third-order valence-corrected chi connectivity index (χ3v) is 2.69. The number of hydrogen-bond acceptors (Lipinski definition) is 5.